The lowest BCUT2D eigenvalue weighted by Gasteiger charge is -2.04. The highest BCUT2D eigenvalue weighted by Crippen LogP contribution is 2.36. The molecule has 1 aliphatic heterocycles. The van der Waals surface area contributed by atoms with Crippen LogP contribution in [0.25, 0.3) is 11.3 Å². The number of rotatable bonds is 5. The molecular weight excluding hydrogens is 366 g/mol. The molecule has 0 saturated heterocycles. The molecule has 1 amide bonds. The average molecular weight is 381 g/mol. The van der Waals surface area contributed by atoms with Crippen LogP contribution in [0.1, 0.15) is 21.6 Å². The molecule has 2 aromatic carbocycles. The Hall–Kier alpha value is -3.88. The number of benzene rings is 2. The van der Waals surface area contributed by atoms with Crippen LogP contribution >= 0.6 is 0 Å². The third kappa shape index (κ3) is 3.37. The van der Waals surface area contributed by atoms with E-state index in [2.05, 4.69) is 10.5 Å². The third-order valence-electron chi connectivity index (χ3n) is 4.31. The first-order valence-corrected chi connectivity index (χ1v) is 8.40. The molecule has 142 valence electrons. The summed E-state index contributed by atoms with van der Waals surface area (Å²) in [6, 6.07) is 11.4. The van der Waals surface area contributed by atoms with Crippen LogP contribution in [-0.2, 0) is 6.54 Å². The Morgan fingerprint density at radius 3 is 2.82 bits per heavy atom. The molecule has 0 fully saturated rings. The summed E-state index contributed by atoms with van der Waals surface area (Å²) in [5, 5.41) is 17.6. The SMILES string of the molecule is Cc1ccc(C(=O)NCc2cc(-c3ccc4c(c3)OCO4)on2)cc1[N+](=O)[O-]. The molecule has 2 heterocycles. The van der Waals surface area contributed by atoms with Gasteiger partial charge in [-0.25, -0.2) is 0 Å². The second kappa shape index (κ2) is 7.03. The number of nitrogens with zero attached hydrogens (tertiary/aromatic N) is 2. The maximum absolute atomic E-state index is 12.3. The lowest BCUT2D eigenvalue weighted by Crippen LogP contribution is -2.23. The number of aryl methyl sites for hydroxylation is 1. The molecule has 0 unspecified atom stereocenters. The highest BCUT2D eigenvalue weighted by molar-refractivity contribution is 5.94. The number of fused-ring (bicyclic) bond motifs is 1. The van der Waals surface area contributed by atoms with Crippen molar-refractivity contribution in [3.8, 4) is 22.8 Å². The molecule has 1 N–H and O–H groups in total. The van der Waals surface area contributed by atoms with Crippen molar-refractivity contribution < 1.29 is 23.7 Å². The molecule has 0 atom stereocenters. The Labute approximate surface area is 159 Å². The van der Waals surface area contributed by atoms with Crippen LogP contribution in [0.2, 0.25) is 0 Å². The predicted molar refractivity (Wildman–Crippen MR) is 97.1 cm³/mol. The van der Waals surface area contributed by atoms with Crippen LogP contribution in [0.15, 0.2) is 47.0 Å². The van der Waals surface area contributed by atoms with E-state index in [1.165, 1.54) is 6.07 Å². The lowest BCUT2D eigenvalue weighted by atomic mass is 10.1. The van der Waals surface area contributed by atoms with Crippen molar-refractivity contribution in [2.75, 3.05) is 6.79 Å². The minimum absolute atomic E-state index is 0.0980. The molecule has 3 aromatic rings. The number of hydrogen-bond acceptors (Lipinski definition) is 7. The van der Waals surface area contributed by atoms with E-state index in [1.807, 2.05) is 6.07 Å². The van der Waals surface area contributed by atoms with Crippen molar-refractivity contribution in [2.45, 2.75) is 13.5 Å². The monoisotopic (exact) mass is 381 g/mol. The Bertz CT molecular complexity index is 1080. The first kappa shape index (κ1) is 17.5. The highest BCUT2D eigenvalue weighted by atomic mass is 16.7. The number of nitro benzene ring substituents is 1. The number of aromatic nitrogens is 1. The first-order chi connectivity index (χ1) is 13.5. The largest absolute Gasteiger partial charge is 0.454 e. The van der Waals surface area contributed by atoms with Gasteiger partial charge in [0.2, 0.25) is 6.79 Å². The van der Waals surface area contributed by atoms with Gasteiger partial charge in [0.1, 0.15) is 5.69 Å². The number of carbonyl (C=O) groups excluding carboxylic acids is 1. The average Bonchev–Trinajstić information content (AvgIpc) is 3.34. The van der Waals surface area contributed by atoms with Crippen molar-refractivity contribution in [2.24, 2.45) is 0 Å². The van der Waals surface area contributed by atoms with Gasteiger partial charge < -0.3 is 19.3 Å². The van der Waals surface area contributed by atoms with E-state index in [9.17, 15) is 14.9 Å². The number of amides is 1. The molecule has 1 aliphatic rings. The van der Waals surface area contributed by atoms with Gasteiger partial charge in [0, 0.05) is 28.8 Å². The number of nitro groups is 1. The van der Waals surface area contributed by atoms with Crippen molar-refractivity contribution in [3.63, 3.8) is 0 Å². The number of hydrogen-bond donors (Lipinski definition) is 1. The van der Waals surface area contributed by atoms with Crippen molar-refractivity contribution in [3.05, 3.63) is 69.4 Å². The molecule has 0 spiro atoms. The number of carbonyl (C=O) groups is 1. The van der Waals surface area contributed by atoms with Gasteiger partial charge >= 0.3 is 0 Å². The van der Waals surface area contributed by atoms with E-state index in [4.69, 9.17) is 14.0 Å². The zero-order chi connectivity index (χ0) is 19.7. The molecular formula is C19H15N3O6. The van der Waals surface area contributed by atoms with Crippen LogP contribution in [0.5, 0.6) is 11.5 Å². The Morgan fingerprint density at radius 1 is 1.18 bits per heavy atom. The summed E-state index contributed by atoms with van der Waals surface area (Å²) in [5.41, 5.74) is 1.88. The Kier molecular flexibility index (Phi) is 4.40. The van der Waals surface area contributed by atoms with E-state index in [-0.39, 0.29) is 24.6 Å². The molecule has 9 nitrogen and oxygen atoms in total. The molecule has 0 bridgehead atoms. The summed E-state index contributed by atoms with van der Waals surface area (Å²) in [6.07, 6.45) is 0. The Morgan fingerprint density at radius 2 is 2.00 bits per heavy atom. The first-order valence-electron chi connectivity index (χ1n) is 8.40. The van der Waals surface area contributed by atoms with Gasteiger partial charge in [-0.3, -0.25) is 14.9 Å². The van der Waals surface area contributed by atoms with E-state index in [1.54, 1.807) is 37.3 Å². The molecule has 0 saturated carbocycles. The lowest BCUT2D eigenvalue weighted by molar-refractivity contribution is -0.385. The topological polar surface area (TPSA) is 117 Å². The van der Waals surface area contributed by atoms with Crippen LogP contribution in [0.4, 0.5) is 5.69 Å². The highest BCUT2D eigenvalue weighted by Gasteiger charge is 2.17. The molecule has 0 radical (unpaired) electrons. The van der Waals surface area contributed by atoms with E-state index in [0.717, 1.165) is 5.56 Å². The van der Waals surface area contributed by atoms with E-state index in [0.29, 0.717) is 28.5 Å². The van der Waals surface area contributed by atoms with Gasteiger partial charge in [0.05, 0.1) is 11.5 Å². The fraction of sp³-hybridized carbons (Fsp3) is 0.158. The molecule has 0 aliphatic carbocycles. The smallest absolute Gasteiger partial charge is 0.273 e. The zero-order valence-electron chi connectivity index (χ0n) is 14.8. The van der Waals surface area contributed by atoms with Crippen LogP contribution in [0.3, 0.4) is 0 Å². The summed E-state index contributed by atoms with van der Waals surface area (Å²) >= 11 is 0. The quantitative estimate of drug-likeness (QED) is 0.533. The van der Waals surface area contributed by atoms with Gasteiger partial charge in [0.25, 0.3) is 11.6 Å². The van der Waals surface area contributed by atoms with Gasteiger partial charge in [0.15, 0.2) is 17.3 Å². The van der Waals surface area contributed by atoms with Crippen LogP contribution < -0.4 is 14.8 Å². The minimum Gasteiger partial charge on any atom is -0.454 e. The number of ether oxygens (including phenoxy) is 2. The van der Waals surface area contributed by atoms with Crippen molar-refractivity contribution in [1.29, 1.82) is 0 Å². The summed E-state index contributed by atoms with van der Waals surface area (Å²) in [6.45, 7) is 1.92. The predicted octanol–water partition coefficient (Wildman–Crippen LogP) is 3.22. The second-order valence-electron chi connectivity index (χ2n) is 6.19. The van der Waals surface area contributed by atoms with Gasteiger partial charge in [-0.2, -0.15) is 0 Å². The van der Waals surface area contributed by atoms with Crippen molar-refractivity contribution in [1.82, 2.24) is 10.5 Å². The summed E-state index contributed by atoms with van der Waals surface area (Å²) in [5.74, 6) is 1.39. The van der Waals surface area contributed by atoms with Gasteiger partial charge in [-0.05, 0) is 31.2 Å². The van der Waals surface area contributed by atoms with E-state index < -0.39 is 10.8 Å². The molecule has 4 rings (SSSR count). The van der Waals surface area contributed by atoms with Crippen molar-refractivity contribution >= 4 is 11.6 Å². The summed E-state index contributed by atoms with van der Waals surface area (Å²) < 4.78 is 15.9. The zero-order valence-corrected chi connectivity index (χ0v) is 14.8. The minimum atomic E-state index is -0.513. The maximum atomic E-state index is 12.3. The maximum Gasteiger partial charge on any atom is 0.273 e. The molecule has 28 heavy (non-hydrogen) atoms. The second-order valence-corrected chi connectivity index (χ2v) is 6.19. The van der Waals surface area contributed by atoms with Crippen LogP contribution in [0, 0.1) is 17.0 Å². The Balaban J connectivity index is 1.44. The molecule has 9 heteroatoms. The summed E-state index contributed by atoms with van der Waals surface area (Å²) in [4.78, 5) is 22.8. The van der Waals surface area contributed by atoms with E-state index >= 15 is 0 Å². The molecule has 1 aromatic heterocycles. The third-order valence-corrected chi connectivity index (χ3v) is 4.31. The fourth-order valence-corrected chi connectivity index (χ4v) is 2.80. The van der Waals surface area contributed by atoms with Gasteiger partial charge in [-0.15, -0.1) is 0 Å². The number of nitrogens with one attached hydrogen (secondary N) is 1. The fourth-order valence-electron chi connectivity index (χ4n) is 2.80. The van der Waals surface area contributed by atoms with Crippen LogP contribution in [-0.4, -0.2) is 22.8 Å². The standard InChI is InChI=1S/C19H15N3O6/c1-11-2-3-13(6-15(11)22(24)25)19(23)20-9-14-8-17(28-21-14)12-4-5-16-18(7-12)27-10-26-16/h2-8H,9-10H2,1H3,(H,20,23). The summed E-state index contributed by atoms with van der Waals surface area (Å²) in [7, 11) is 0. The normalized spacial score (nSPS) is 12.0. The van der Waals surface area contributed by atoms with Gasteiger partial charge in [-0.1, -0.05) is 11.2 Å².